The number of fused-ring (bicyclic) bond motifs is 1. The molecule has 0 fully saturated rings. The molecule has 0 aliphatic rings. The van der Waals surface area contributed by atoms with E-state index in [1.165, 1.54) is 22.7 Å². The molecule has 1 N–H and O–H groups in total. The van der Waals surface area contributed by atoms with E-state index < -0.39 is 11.9 Å². The predicted octanol–water partition coefficient (Wildman–Crippen LogP) is 7.67. The molecule has 4 rings (SSSR count). The van der Waals surface area contributed by atoms with Crippen LogP contribution in [0.25, 0.3) is 21.2 Å². The smallest absolute Gasteiger partial charge is 0.341 e. The van der Waals surface area contributed by atoms with Crippen LogP contribution in [0.5, 0.6) is 0 Å². The number of aryl methyl sites for hydroxylation is 1. The second-order valence-electron chi connectivity index (χ2n) is 6.75. The van der Waals surface area contributed by atoms with Crippen LogP contribution >= 0.6 is 45.9 Å². The van der Waals surface area contributed by atoms with Gasteiger partial charge in [-0.2, -0.15) is 0 Å². The van der Waals surface area contributed by atoms with Crippen molar-refractivity contribution in [1.82, 2.24) is 0 Å². The summed E-state index contributed by atoms with van der Waals surface area (Å²) < 4.78 is 6.08. The zero-order chi connectivity index (χ0) is 22.1. The topological polar surface area (TPSA) is 55.4 Å². The number of anilines is 1. The Labute approximate surface area is 197 Å². The second-order valence-corrected chi connectivity index (χ2v) is 9.47. The first-order valence-electron chi connectivity index (χ1n) is 9.44. The molecule has 0 radical (unpaired) electrons. The third-order valence-electron chi connectivity index (χ3n) is 4.67. The summed E-state index contributed by atoms with van der Waals surface area (Å²) >= 11 is 15.2. The molecule has 0 saturated heterocycles. The maximum absolute atomic E-state index is 13.1. The van der Waals surface area contributed by atoms with Gasteiger partial charge in [0.25, 0.3) is 5.91 Å². The van der Waals surface area contributed by atoms with Crippen LogP contribution in [0.4, 0.5) is 5.00 Å². The van der Waals surface area contributed by atoms with Gasteiger partial charge in [-0.3, -0.25) is 4.79 Å². The largest absolute Gasteiger partial charge is 0.462 e. The number of esters is 1. The minimum Gasteiger partial charge on any atom is -0.462 e. The lowest BCUT2D eigenvalue weighted by atomic mass is 10.0. The van der Waals surface area contributed by atoms with Gasteiger partial charge >= 0.3 is 5.97 Å². The van der Waals surface area contributed by atoms with Crippen LogP contribution < -0.4 is 5.32 Å². The summed E-state index contributed by atoms with van der Waals surface area (Å²) in [5.74, 6) is -0.884. The normalized spacial score (nSPS) is 11.0. The highest BCUT2D eigenvalue weighted by molar-refractivity contribution is 7.22. The fourth-order valence-corrected chi connectivity index (χ4v) is 5.98. The molecule has 4 nitrogen and oxygen atoms in total. The van der Waals surface area contributed by atoms with E-state index in [1.807, 2.05) is 48.7 Å². The van der Waals surface area contributed by atoms with Crippen molar-refractivity contribution in [2.24, 2.45) is 0 Å². The van der Waals surface area contributed by atoms with Crippen LogP contribution in [0.15, 0.2) is 47.8 Å². The van der Waals surface area contributed by atoms with E-state index in [0.29, 0.717) is 36.4 Å². The molecule has 4 aromatic rings. The summed E-state index contributed by atoms with van der Waals surface area (Å²) in [4.78, 5) is 26.2. The highest BCUT2D eigenvalue weighted by Gasteiger charge is 2.25. The van der Waals surface area contributed by atoms with Crippen LogP contribution in [-0.4, -0.2) is 18.5 Å². The molecule has 0 spiro atoms. The standard InChI is InChI=1S/C23H17Cl2NO3S2/c1-3-29-23(28)17-14(13-9-7-12(2)8-10-13)11-30-22(17)26-21(27)20-19(25)18-15(24)5-4-6-16(18)31-20/h4-11H,3H2,1-2H3,(H,26,27). The lowest BCUT2D eigenvalue weighted by Gasteiger charge is -2.09. The van der Waals surface area contributed by atoms with Crippen LogP contribution in [0.1, 0.15) is 32.5 Å². The Morgan fingerprint density at radius 2 is 1.84 bits per heavy atom. The quantitative estimate of drug-likeness (QED) is 0.292. The summed E-state index contributed by atoms with van der Waals surface area (Å²) in [6.45, 7) is 3.97. The molecule has 1 amide bonds. The molecule has 8 heteroatoms. The van der Waals surface area contributed by atoms with E-state index in [1.54, 1.807) is 13.0 Å². The van der Waals surface area contributed by atoms with Crippen LogP contribution in [-0.2, 0) is 4.74 Å². The first-order chi connectivity index (χ1) is 14.9. The lowest BCUT2D eigenvalue weighted by molar-refractivity contribution is 0.0529. The maximum atomic E-state index is 13.1. The van der Waals surface area contributed by atoms with Gasteiger partial charge in [0.2, 0.25) is 0 Å². The zero-order valence-corrected chi connectivity index (χ0v) is 19.8. The molecule has 2 heterocycles. The third-order valence-corrected chi connectivity index (χ3v) is 7.53. The average Bonchev–Trinajstić information content (AvgIpc) is 3.31. The van der Waals surface area contributed by atoms with Crippen LogP contribution in [0, 0.1) is 6.92 Å². The SMILES string of the molecule is CCOC(=O)c1c(-c2ccc(C)cc2)csc1NC(=O)c1sc2cccc(Cl)c2c1Cl. The molecule has 0 aliphatic heterocycles. The number of hydrogen-bond acceptors (Lipinski definition) is 5. The van der Waals surface area contributed by atoms with Gasteiger partial charge in [0, 0.05) is 21.0 Å². The number of hydrogen-bond donors (Lipinski definition) is 1. The molecule has 0 unspecified atom stereocenters. The first kappa shape index (κ1) is 21.8. The molecule has 31 heavy (non-hydrogen) atoms. The third kappa shape index (κ3) is 4.21. The summed E-state index contributed by atoms with van der Waals surface area (Å²) in [5.41, 5.74) is 3.03. The number of ether oxygens (including phenoxy) is 1. The molecular formula is C23H17Cl2NO3S2. The molecule has 0 atom stereocenters. The fraction of sp³-hybridized carbons (Fsp3) is 0.130. The molecule has 0 saturated carbocycles. The summed E-state index contributed by atoms with van der Waals surface area (Å²) in [5, 5.41) is 6.55. The van der Waals surface area contributed by atoms with E-state index in [0.717, 1.165) is 15.8 Å². The van der Waals surface area contributed by atoms with Crippen molar-refractivity contribution < 1.29 is 14.3 Å². The minimum absolute atomic E-state index is 0.232. The van der Waals surface area contributed by atoms with Gasteiger partial charge in [0.15, 0.2) is 0 Å². The van der Waals surface area contributed by atoms with E-state index in [9.17, 15) is 9.59 Å². The molecule has 0 bridgehead atoms. The number of rotatable bonds is 5. The predicted molar refractivity (Wildman–Crippen MR) is 130 cm³/mol. The van der Waals surface area contributed by atoms with E-state index >= 15 is 0 Å². The number of thiophene rings is 2. The minimum atomic E-state index is -0.486. The van der Waals surface area contributed by atoms with Gasteiger partial charge in [-0.1, -0.05) is 59.1 Å². The summed E-state index contributed by atoms with van der Waals surface area (Å²) in [6.07, 6.45) is 0. The number of carbonyl (C=O) groups is 2. The van der Waals surface area contributed by atoms with Crippen molar-refractivity contribution in [1.29, 1.82) is 0 Å². The van der Waals surface area contributed by atoms with Crippen molar-refractivity contribution in [3.63, 3.8) is 0 Å². The molecular weight excluding hydrogens is 473 g/mol. The average molecular weight is 490 g/mol. The van der Waals surface area contributed by atoms with Gasteiger partial charge in [-0.15, -0.1) is 22.7 Å². The highest BCUT2D eigenvalue weighted by Crippen LogP contribution is 2.41. The van der Waals surface area contributed by atoms with Crippen molar-refractivity contribution in [3.8, 4) is 11.1 Å². The lowest BCUT2D eigenvalue weighted by Crippen LogP contribution is -2.14. The Balaban J connectivity index is 1.74. The maximum Gasteiger partial charge on any atom is 0.341 e. The Bertz CT molecular complexity index is 1290. The number of amides is 1. The summed E-state index contributed by atoms with van der Waals surface area (Å²) in [7, 11) is 0. The van der Waals surface area contributed by atoms with E-state index in [4.69, 9.17) is 27.9 Å². The zero-order valence-electron chi connectivity index (χ0n) is 16.6. The van der Waals surface area contributed by atoms with Gasteiger partial charge in [0.1, 0.15) is 15.4 Å². The van der Waals surface area contributed by atoms with Gasteiger partial charge < -0.3 is 10.1 Å². The molecule has 0 aliphatic carbocycles. The molecule has 2 aromatic carbocycles. The Morgan fingerprint density at radius 3 is 2.52 bits per heavy atom. The number of benzene rings is 2. The van der Waals surface area contributed by atoms with Crippen molar-refractivity contribution in [2.45, 2.75) is 13.8 Å². The number of nitrogens with one attached hydrogen (secondary N) is 1. The molecule has 2 aromatic heterocycles. The van der Waals surface area contributed by atoms with Crippen LogP contribution in [0.2, 0.25) is 10.0 Å². The second kappa shape index (κ2) is 9.01. The Hall–Kier alpha value is -2.38. The Kier molecular flexibility index (Phi) is 6.34. The number of carbonyl (C=O) groups excluding carboxylic acids is 2. The highest BCUT2D eigenvalue weighted by atomic mass is 35.5. The molecule has 158 valence electrons. The monoisotopic (exact) mass is 489 g/mol. The van der Waals surface area contributed by atoms with Gasteiger partial charge in [-0.05, 0) is 31.5 Å². The van der Waals surface area contributed by atoms with Crippen molar-refractivity contribution in [3.05, 3.63) is 73.9 Å². The Morgan fingerprint density at radius 1 is 1.10 bits per heavy atom. The van der Waals surface area contributed by atoms with Gasteiger partial charge in [0.05, 0.1) is 16.7 Å². The van der Waals surface area contributed by atoms with Gasteiger partial charge in [-0.25, -0.2) is 4.79 Å². The van der Waals surface area contributed by atoms with Crippen molar-refractivity contribution in [2.75, 3.05) is 11.9 Å². The first-order valence-corrected chi connectivity index (χ1v) is 11.9. The van der Waals surface area contributed by atoms with E-state index in [-0.39, 0.29) is 6.61 Å². The van der Waals surface area contributed by atoms with Crippen LogP contribution in [0.3, 0.4) is 0 Å². The number of halogens is 2. The fourth-order valence-electron chi connectivity index (χ4n) is 3.18. The summed E-state index contributed by atoms with van der Waals surface area (Å²) in [6, 6.07) is 13.2. The van der Waals surface area contributed by atoms with E-state index in [2.05, 4.69) is 5.32 Å². The van der Waals surface area contributed by atoms with Crippen molar-refractivity contribution >= 4 is 72.8 Å².